The zero-order chi connectivity index (χ0) is 23.9. The highest BCUT2D eigenvalue weighted by molar-refractivity contribution is 5.89. The molecule has 34 heavy (non-hydrogen) atoms. The Bertz CT molecular complexity index is 1140. The van der Waals surface area contributed by atoms with E-state index < -0.39 is 4.92 Å². The second kappa shape index (κ2) is 10.9. The molecule has 0 radical (unpaired) electrons. The molecule has 1 atom stereocenters. The maximum absolute atomic E-state index is 13.3. The first-order valence-corrected chi connectivity index (χ1v) is 11.3. The summed E-state index contributed by atoms with van der Waals surface area (Å²) in [6.07, 6.45) is 2.54. The molecule has 7 nitrogen and oxygen atoms in total. The number of nitrogens with one attached hydrogen (secondary N) is 2. The van der Waals surface area contributed by atoms with Crippen LogP contribution in [0.1, 0.15) is 23.1 Å². The Labute approximate surface area is 197 Å². The number of urea groups is 1. The number of nitrogens with zero attached hydrogens (tertiary/aromatic N) is 2. The average molecular weight is 463 g/mol. The summed E-state index contributed by atoms with van der Waals surface area (Å²) in [5, 5.41) is 16.3. The molecule has 0 saturated carbocycles. The third kappa shape index (κ3) is 6.17. The van der Waals surface area contributed by atoms with Crippen LogP contribution in [-0.4, -0.2) is 35.0 Å². The number of carbonyl (C=O) groups is 1. The fourth-order valence-electron chi connectivity index (χ4n) is 4.32. The second-order valence-corrected chi connectivity index (χ2v) is 8.47. The van der Waals surface area contributed by atoms with Crippen molar-refractivity contribution < 1.29 is 14.1 Å². The molecule has 3 aromatic rings. The van der Waals surface area contributed by atoms with Gasteiger partial charge in [-0.3, -0.25) is 15.0 Å². The third-order valence-electron chi connectivity index (χ3n) is 6.09. The summed E-state index contributed by atoms with van der Waals surface area (Å²) < 4.78 is 13.3. The van der Waals surface area contributed by atoms with Gasteiger partial charge in [0.15, 0.2) is 0 Å². The first-order chi connectivity index (χ1) is 16.5. The molecule has 0 fully saturated rings. The van der Waals surface area contributed by atoms with E-state index in [9.17, 15) is 19.3 Å². The summed E-state index contributed by atoms with van der Waals surface area (Å²) in [5.41, 5.74) is 4.25. The molecule has 2 amide bonds. The van der Waals surface area contributed by atoms with Crippen molar-refractivity contribution >= 4 is 17.4 Å². The predicted molar refractivity (Wildman–Crippen MR) is 129 cm³/mol. The van der Waals surface area contributed by atoms with Crippen LogP contribution in [0.4, 0.5) is 20.6 Å². The maximum atomic E-state index is 13.3. The number of halogens is 1. The van der Waals surface area contributed by atoms with Gasteiger partial charge in [0.05, 0.1) is 4.92 Å². The first kappa shape index (κ1) is 23.4. The average Bonchev–Trinajstić information content (AvgIpc) is 2.83. The summed E-state index contributed by atoms with van der Waals surface area (Å²) in [4.78, 5) is 24.9. The largest absolute Gasteiger partial charge is 0.338 e. The monoisotopic (exact) mass is 462 g/mol. The number of anilines is 1. The molecule has 1 unspecified atom stereocenters. The number of carbonyl (C=O) groups excluding carboxylic acids is 1. The lowest BCUT2D eigenvalue weighted by atomic mass is 9.90. The van der Waals surface area contributed by atoms with Crippen LogP contribution in [0, 0.1) is 15.9 Å². The molecule has 1 aliphatic rings. The van der Waals surface area contributed by atoms with E-state index in [2.05, 4.69) is 39.8 Å². The summed E-state index contributed by atoms with van der Waals surface area (Å²) in [6, 6.07) is 20.8. The van der Waals surface area contributed by atoms with E-state index in [0.29, 0.717) is 18.3 Å². The van der Waals surface area contributed by atoms with Gasteiger partial charge in [0.25, 0.3) is 5.69 Å². The normalized spacial score (nSPS) is 15.4. The SMILES string of the molecule is O=C(NCCCN1Cc2ccccc2CC1Cc1ccc(F)cc1)Nc1ccc([N+](=O)[O-])cc1. The fourth-order valence-corrected chi connectivity index (χ4v) is 4.32. The lowest BCUT2D eigenvalue weighted by molar-refractivity contribution is -0.384. The number of rotatable bonds is 8. The lowest BCUT2D eigenvalue weighted by Gasteiger charge is -2.37. The van der Waals surface area contributed by atoms with Crippen LogP contribution in [0.25, 0.3) is 0 Å². The molecule has 0 spiro atoms. The Kier molecular flexibility index (Phi) is 7.49. The zero-order valence-electron chi connectivity index (χ0n) is 18.7. The van der Waals surface area contributed by atoms with E-state index in [1.54, 1.807) is 0 Å². The van der Waals surface area contributed by atoms with Gasteiger partial charge in [0, 0.05) is 43.5 Å². The number of nitro benzene ring substituents is 1. The van der Waals surface area contributed by atoms with Gasteiger partial charge in [-0.1, -0.05) is 36.4 Å². The van der Waals surface area contributed by atoms with Crippen molar-refractivity contribution in [1.82, 2.24) is 10.2 Å². The van der Waals surface area contributed by atoms with E-state index in [1.165, 1.54) is 47.5 Å². The zero-order valence-corrected chi connectivity index (χ0v) is 18.7. The number of fused-ring (bicyclic) bond motifs is 1. The van der Waals surface area contributed by atoms with E-state index in [4.69, 9.17) is 0 Å². The minimum absolute atomic E-state index is 0.0238. The molecular weight excluding hydrogens is 435 g/mol. The molecule has 8 heteroatoms. The Morgan fingerprint density at radius 3 is 2.44 bits per heavy atom. The van der Waals surface area contributed by atoms with Gasteiger partial charge in [-0.2, -0.15) is 0 Å². The molecular formula is C26H27FN4O3. The van der Waals surface area contributed by atoms with Gasteiger partial charge in [-0.25, -0.2) is 9.18 Å². The van der Waals surface area contributed by atoms with Crippen molar-refractivity contribution in [2.75, 3.05) is 18.4 Å². The molecule has 1 heterocycles. The van der Waals surface area contributed by atoms with Crippen LogP contribution < -0.4 is 10.6 Å². The smallest absolute Gasteiger partial charge is 0.319 e. The summed E-state index contributed by atoms with van der Waals surface area (Å²) in [7, 11) is 0. The number of hydrogen-bond donors (Lipinski definition) is 2. The molecule has 1 aliphatic heterocycles. The number of non-ortho nitro benzene ring substituents is 1. The van der Waals surface area contributed by atoms with Gasteiger partial charge in [0.2, 0.25) is 0 Å². The molecule has 176 valence electrons. The maximum Gasteiger partial charge on any atom is 0.319 e. The number of nitro groups is 1. The van der Waals surface area contributed by atoms with Crippen molar-refractivity contribution in [3.8, 4) is 0 Å². The number of amides is 2. The van der Waals surface area contributed by atoms with Crippen LogP contribution >= 0.6 is 0 Å². The highest BCUT2D eigenvalue weighted by Crippen LogP contribution is 2.25. The van der Waals surface area contributed by atoms with Gasteiger partial charge >= 0.3 is 6.03 Å². The van der Waals surface area contributed by atoms with E-state index in [1.807, 2.05) is 12.1 Å². The predicted octanol–water partition coefficient (Wildman–Crippen LogP) is 4.92. The third-order valence-corrected chi connectivity index (χ3v) is 6.09. The van der Waals surface area contributed by atoms with Crippen molar-refractivity contribution in [1.29, 1.82) is 0 Å². The van der Waals surface area contributed by atoms with E-state index in [-0.39, 0.29) is 17.5 Å². The summed E-state index contributed by atoms with van der Waals surface area (Å²) in [5.74, 6) is -0.229. The topological polar surface area (TPSA) is 87.5 Å². The number of hydrogen-bond acceptors (Lipinski definition) is 4. The minimum atomic E-state index is -0.480. The standard InChI is InChI=1S/C26H27FN4O3/c27-22-8-6-19(7-9-22)16-25-17-20-4-1-2-5-21(20)18-30(25)15-3-14-28-26(32)29-23-10-12-24(13-11-23)31(33)34/h1-2,4-13,25H,3,14-18H2,(H2,28,29,32). The van der Waals surface area contributed by atoms with Crippen LogP contribution in [0.5, 0.6) is 0 Å². The van der Waals surface area contributed by atoms with Crippen molar-refractivity contribution in [2.45, 2.75) is 31.8 Å². The van der Waals surface area contributed by atoms with Crippen molar-refractivity contribution in [2.24, 2.45) is 0 Å². The molecule has 3 aromatic carbocycles. The number of benzene rings is 3. The van der Waals surface area contributed by atoms with Gasteiger partial charge in [0.1, 0.15) is 5.82 Å². The van der Waals surface area contributed by atoms with E-state index >= 15 is 0 Å². The van der Waals surface area contributed by atoms with Gasteiger partial charge in [-0.05, 0) is 60.2 Å². The van der Waals surface area contributed by atoms with Crippen molar-refractivity contribution in [3.05, 3.63) is 105 Å². The lowest BCUT2D eigenvalue weighted by Crippen LogP contribution is -2.43. The van der Waals surface area contributed by atoms with Gasteiger partial charge < -0.3 is 10.6 Å². The highest BCUT2D eigenvalue weighted by Gasteiger charge is 2.25. The van der Waals surface area contributed by atoms with Gasteiger partial charge in [-0.15, -0.1) is 0 Å². The highest BCUT2D eigenvalue weighted by atomic mass is 19.1. The minimum Gasteiger partial charge on any atom is -0.338 e. The summed E-state index contributed by atoms with van der Waals surface area (Å²) >= 11 is 0. The Balaban J connectivity index is 1.30. The van der Waals surface area contributed by atoms with Crippen LogP contribution in [0.3, 0.4) is 0 Å². The van der Waals surface area contributed by atoms with Crippen LogP contribution in [0.2, 0.25) is 0 Å². The molecule has 0 saturated heterocycles. The quantitative estimate of drug-likeness (QED) is 0.283. The van der Waals surface area contributed by atoms with Crippen LogP contribution in [0.15, 0.2) is 72.8 Å². The second-order valence-electron chi connectivity index (χ2n) is 8.47. The molecule has 0 bridgehead atoms. The summed E-state index contributed by atoms with van der Waals surface area (Å²) in [6.45, 7) is 2.16. The molecule has 0 aliphatic carbocycles. The Morgan fingerprint density at radius 1 is 1.03 bits per heavy atom. The van der Waals surface area contributed by atoms with Crippen molar-refractivity contribution in [3.63, 3.8) is 0 Å². The Hall–Kier alpha value is -3.78. The van der Waals surface area contributed by atoms with E-state index in [0.717, 1.165) is 37.9 Å². The van der Waals surface area contributed by atoms with Crippen LogP contribution in [-0.2, 0) is 19.4 Å². The molecule has 4 rings (SSSR count). The molecule has 2 N–H and O–H groups in total. The Morgan fingerprint density at radius 2 is 1.74 bits per heavy atom. The molecule has 0 aromatic heterocycles. The first-order valence-electron chi connectivity index (χ1n) is 11.3. The fraction of sp³-hybridized carbons (Fsp3) is 0.269.